The fourth-order valence-electron chi connectivity index (χ4n) is 0.933. The van der Waals surface area contributed by atoms with Crippen LogP contribution in [0.1, 0.15) is 13.8 Å². The zero-order chi connectivity index (χ0) is 10.6. The second kappa shape index (κ2) is 4.77. The number of hydrogen-bond acceptors (Lipinski definition) is 3. The highest BCUT2D eigenvalue weighted by Gasteiger charge is 2.23. The summed E-state index contributed by atoms with van der Waals surface area (Å²) in [5, 5.41) is 2.52. The van der Waals surface area contributed by atoms with Crippen molar-refractivity contribution in [3.05, 3.63) is 0 Å². The van der Waals surface area contributed by atoms with Crippen LogP contribution in [-0.2, 0) is 13.9 Å². The van der Waals surface area contributed by atoms with Gasteiger partial charge in [0, 0.05) is 20.4 Å². The largest absolute Gasteiger partial charge is 0.359 e. The van der Waals surface area contributed by atoms with Crippen molar-refractivity contribution >= 4 is 13.3 Å². The van der Waals surface area contributed by atoms with Gasteiger partial charge in [-0.3, -0.25) is 9.36 Å². The second-order valence-electron chi connectivity index (χ2n) is 3.47. The molecule has 78 valence electrons. The van der Waals surface area contributed by atoms with Gasteiger partial charge in [0.05, 0.1) is 12.0 Å². The highest BCUT2D eigenvalue weighted by molar-refractivity contribution is 7.57. The Labute approximate surface area is 79.5 Å². The van der Waals surface area contributed by atoms with Gasteiger partial charge >= 0.3 is 0 Å². The standard InChI is InChI=1S/C8H18NO3P/c1-6(8(10)9-3)7(2)12-13(4,5)11/h6-7H,1-5H3,(H,9,10)/t6-,7?/m1/s1. The average molecular weight is 207 g/mol. The molecule has 0 saturated heterocycles. The molecule has 0 bridgehead atoms. The number of rotatable bonds is 4. The van der Waals surface area contributed by atoms with Crippen molar-refractivity contribution in [2.75, 3.05) is 20.4 Å². The summed E-state index contributed by atoms with van der Waals surface area (Å²) in [4.78, 5) is 11.2. The van der Waals surface area contributed by atoms with Crippen molar-refractivity contribution in [2.24, 2.45) is 5.92 Å². The van der Waals surface area contributed by atoms with Crippen molar-refractivity contribution in [1.29, 1.82) is 0 Å². The van der Waals surface area contributed by atoms with E-state index < -0.39 is 7.37 Å². The summed E-state index contributed by atoms with van der Waals surface area (Å²) < 4.78 is 16.5. The minimum Gasteiger partial charge on any atom is -0.359 e. The molecule has 4 nitrogen and oxygen atoms in total. The third kappa shape index (κ3) is 5.06. The van der Waals surface area contributed by atoms with E-state index in [0.717, 1.165) is 0 Å². The summed E-state index contributed by atoms with van der Waals surface area (Å²) >= 11 is 0. The normalized spacial score (nSPS) is 16.4. The lowest BCUT2D eigenvalue weighted by Gasteiger charge is -2.21. The van der Waals surface area contributed by atoms with E-state index in [2.05, 4.69) is 5.32 Å². The third-order valence-electron chi connectivity index (χ3n) is 1.78. The summed E-state index contributed by atoms with van der Waals surface area (Å²) in [7, 11) is -0.933. The van der Waals surface area contributed by atoms with Crippen molar-refractivity contribution in [2.45, 2.75) is 20.0 Å². The maximum Gasteiger partial charge on any atom is 0.225 e. The van der Waals surface area contributed by atoms with Gasteiger partial charge in [0.2, 0.25) is 5.91 Å². The van der Waals surface area contributed by atoms with Crippen LogP contribution in [0.3, 0.4) is 0 Å². The molecule has 0 aromatic rings. The van der Waals surface area contributed by atoms with E-state index in [4.69, 9.17) is 4.52 Å². The van der Waals surface area contributed by atoms with Gasteiger partial charge in [-0.15, -0.1) is 0 Å². The Morgan fingerprint density at radius 1 is 1.38 bits per heavy atom. The first-order chi connectivity index (χ1) is 5.78. The van der Waals surface area contributed by atoms with Crippen LogP contribution in [0.4, 0.5) is 0 Å². The molecule has 0 radical (unpaired) electrons. The second-order valence-corrected chi connectivity index (χ2v) is 6.18. The van der Waals surface area contributed by atoms with Crippen molar-refractivity contribution in [1.82, 2.24) is 5.32 Å². The van der Waals surface area contributed by atoms with E-state index in [9.17, 15) is 9.36 Å². The van der Waals surface area contributed by atoms with Gasteiger partial charge in [-0.2, -0.15) is 0 Å². The maximum atomic E-state index is 11.3. The molecule has 0 fully saturated rings. The molecule has 13 heavy (non-hydrogen) atoms. The average Bonchev–Trinajstić information content (AvgIpc) is 1.98. The minimum absolute atomic E-state index is 0.0963. The molecule has 5 heteroatoms. The molecule has 0 spiro atoms. The monoisotopic (exact) mass is 207 g/mol. The van der Waals surface area contributed by atoms with Crippen LogP contribution in [0, 0.1) is 5.92 Å². The quantitative estimate of drug-likeness (QED) is 0.707. The molecule has 0 rings (SSSR count). The Hall–Kier alpha value is -0.340. The number of nitrogens with one attached hydrogen (secondary N) is 1. The number of hydrogen-bond donors (Lipinski definition) is 1. The van der Waals surface area contributed by atoms with Gasteiger partial charge < -0.3 is 9.84 Å². The van der Waals surface area contributed by atoms with Gasteiger partial charge in [-0.25, -0.2) is 0 Å². The summed E-state index contributed by atoms with van der Waals surface area (Å²) in [5.74, 6) is -0.376. The van der Waals surface area contributed by atoms with Gasteiger partial charge in [-0.05, 0) is 6.92 Å². The van der Waals surface area contributed by atoms with E-state index in [1.54, 1.807) is 34.2 Å². The number of amides is 1. The number of carbonyl (C=O) groups is 1. The van der Waals surface area contributed by atoms with Crippen molar-refractivity contribution < 1.29 is 13.9 Å². The Balaban J connectivity index is 4.19. The van der Waals surface area contributed by atoms with E-state index in [1.165, 1.54) is 0 Å². The van der Waals surface area contributed by atoms with E-state index >= 15 is 0 Å². The molecule has 2 atom stereocenters. The first-order valence-corrected chi connectivity index (χ1v) is 6.75. The van der Waals surface area contributed by atoms with E-state index in [1.807, 2.05) is 0 Å². The molecule has 0 aliphatic carbocycles. The highest BCUT2D eigenvalue weighted by atomic mass is 31.2. The first-order valence-electron chi connectivity index (χ1n) is 4.23. The lowest BCUT2D eigenvalue weighted by atomic mass is 10.1. The summed E-state index contributed by atoms with van der Waals surface area (Å²) in [6.07, 6.45) is -0.319. The number of carbonyl (C=O) groups excluding carboxylic acids is 1. The van der Waals surface area contributed by atoms with E-state index in [0.29, 0.717) is 0 Å². The summed E-state index contributed by atoms with van der Waals surface area (Å²) in [5.41, 5.74) is 0. The molecular weight excluding hydrogens is 189 g/mol. The van der Waals surface area contributed by atoms with Crippen molar-refractivity contribution in [3.63, 3.8) is 0 Å². The van der Waals surface area contributed by atoms with Crippen molar-refractivity contribution in [3.8, 4) is 0 Å². The topological polar surface area (TPSA) is 55.4 Å². The molecule has 0 aliphatic rings. The molecule has 0 aromatic carbocycles. The molecule has 0 aliphatic heterocycles. The Kier molecular flexibility index (Phi) is 4.65. The Morgan fingerprint density at radius 3 is 2.15 bits per heavy atom. The summed E-state index contributed by atoms with van der Waals surface area (Å²) in [6.45, 7) is 6.58. The summed E-state index contributed by atoms with van der Waals surface area (Å²) in [6, 6.07) is 0. The molecular formula is C8H18NO3P. The fraction of sp³-hybridized carbons (Fsp3) is 0.875. The molecule has 1 N–H and O–H groups in total. The lowest BCUT2D eigenvalue weighted by molar-refractivity contribution is -0.126. The molecule has 0 heterocycles. The zero-order valence-electron chi connectivity index (χ0n) is 8.83. The molecule has 1 amide bonds. The van der Waals surface area contributed by atoms with Crippen LogP contribution >= 0.6 is 7.37 Å². The molecule has 0 saturated carbocycles. The Morgan fingerprint density at radius 2 is 1.85 bits per heavy atom. The van der Waals surface area contributed by atoms with Crippen LogP contribution in [0.25, 0.3) is 0 Å². The smallest absolute Gasteiger partial charge is 0.225 e. The van der Waals surface area contributed by atoms with Crippen LogP contribution in [0.15, 0.2) is 0 Å². The Bertz CT molecular complexity index is 223. The molecule has 0 aromatic heterocycles. The highest BCUT2D eigenvalue weighted by Crippen LogP contribution is 2.40. The van der Waals surface area contributed by atoms with Gasteiger partial charge in [-0.1, -0.05) is 6.92 Å². The SMILES string of the molecule is CNC(=O)[C@H](C)C(C)OP(C)(C)=O. The zero-order valence-corrected chi connectivity index (χ0v) is 9.72. The minimum atomic E-state index is -2.51. The fourth-order valence-corrected chi connectivity index (χ4v) is 1.92. The van der Waals surface area contributed by atoms with Crippen LogP contribution in [0.5, 0.6) is 0 Å². The van der Waals surface area contributed by atoms with Gasteiger partial charge in [0.15, 0.2) is 7.37 Å². The van der Waals surface area contributed by atoms with Gasteiger partial charge in [0.25, 0.3) is 0 Å². The van der Waals surface area contributed by atoms with Crippen LogP contribution < -0.4 is 5.32 Å². The maximum absolute atomic E-state index is 11.3. The predicted molar refractivity (Wildman–Crippen MR) is 53.2 cm³/mol. The predicted octanol–water partition coefficient (Wildman–Crippen LogP) is 1.31. The van der Waals surface area contributed by atoms with Crippen LogP contribution in [0.2, 0.25) is 0 Å². The van der Waals surface area contributed by atoms with Crippen LogP contribution in [-0.4, -0.2) is 32.4 Å². The third-order valence-corrected chi connectivity index (χ3v) is 2.62. The molecule has 1 unspecified atom stereocenters. The van der Waals surface area contributed by atoms with Gasteiger partial charge in [0.1, 0.15) is 0 Å². The lowest BCUT2D eigenvalue weighted by Crippen LogP contribution is -2.33. The first kappa shape index (κ1) is 12.7. The van der Waals surface area contributed by atoms with E-state index in [-0.39, 0.29) is 17.9 Å².